The molecule has 3 aromatic rings. The lowest BCUT2D eigenvalue weighted by atomic mass is 10.1. The zero-order valence-electron chi connectivity index (χ0n) is 14.4. The summed E-state index contributed by atoms with van der Waals surface area (Å²) in [6.07, 6.45) is 1.83. The lowest BCUT2D eigenvalue weighted by molar-refractivity contribution is 0.857. The van der Waals surface area contributed by atoms with Crippen molar-refractivity contribution in [2.24, 2.45) is 0 Å². The van der Waals surface area contributed by atoms with E-state index in [0.717, 1.165) is 24.6 Å². The Morgan fingerprint density at radius 3 is 2.27 bits per heavy atom. The SMILES string of the molecule is S=C(NCc1ccccc1)Nc1ccc(N2Cc3ccccc3C2)nc1. The summed E-state index contributed by atoms with van der Waals surface area (Å²) >= 11 is 5.36. The summed E-state index contributed by atoms with van der Waals surface area (Å²) in [5, 5.41) is 6.99. The molecule has 0 saturated carbocycles. The molecular formula is C21H20N4S. The first-order chi connectivity index (χ1) is 12.8. The van der Waals surface area contributed by atoms with Crippen LogP contribution in [0.1, 0.15) is 16.7 Å². The van der Waals surface area contributed by atoms with Gasteiger partial charge in [-0.25, -0.2) is 4.98 Å². The molecule has 1 aromatic heterocycles. The van der Waals surface area contributed by atoms with Crippen LogP contribution in [0.2, 0.25) is 0 Å². The first-order valence-corrected chi connectivity index (χ1v) is 9.05. The number of hydrogen-bond acceptors (Lipinski definition) is 3. The van der Waals surface area contributed by atoms with Crippen LogP contribution in [0, 0.1) is 0 Å². The van der Waals surface area contributed by atoms with Crippen LogP contribution in [-0.2, 0) is 19.6 Å². The Labute approximate surface area is 158 Å². The quantitative estimate of drug-likeness (QED) is 0.686. The number of fused-ring (bicyclic) bond motifs is 1. The van der Waals surface area contributed by atoms with Gasteiger partial charge in [-0.3, -0.25) is 0 Å². The molecule has 0 radical (unpaired) electrons. The number of benzene rings is 2. The van der Waals surface area contributed by atoms with Gasteiger partial charge in [0, 0.05) is 19.6 Å². The van der Waals surface area contributed by atoms with Gasteiger partial charge in [0.05, 0.1) is 11.9 Å². The second-order valence-electron chi connectivity index (χ2n) is 6.32. The molecule has 5 heteroatoms. The monoisotopic (exact) mass is 360 g/mol. The largest absolute Gasteiger partial charge is 0.358 e. The van der Waals surface area contributed by atoms with Crippen molar-refractivity contribution in [2.75, 3.05) is 10.2 Å². The molecule has 1 aliphatic rings. The number of nitrogens with zero attached hydrogens (tertiary/aromatic N) is 2. The summed E-state index contributed by atoms with van der Waals surface area (Å²) in [6, 6.07) is 22.8. The Morgan fingerprint density at radius 1 is 0.923 bits per heavy atom. The van der Waals surface area contributed by atoms with Crippen LogP contribution in [0.3, 0.4) is 0 Å². The molecule has 0 amide bonds. The summed E-state index contributed by atoms with van der Waals surface area (Å²) < 4.78 is 0. The van der Waals surface area contributed by atoms with Crippen LogP contribution in [0.25, 0.3) is 0 Å². The number of anilines is 2. The van der Waals surface area contributed by atoms with E-state index in [4.69, 9.17) is 12.2 Å². The highest BCUT2D eigenvalue weighted by Crippen LogP contribution is 2.27. The standard InChI is InChI=1S/C21H20N4S/c26-21(23-12-16-6-2-1-3-7-16)24-19-10-11-20(22-13-19)25-14-17-8-4-5-9-18(17)15-25/h1-11,13H,12,14-15H2,(H2,23,24,26). The van der Waals surface area contributed by atoms with E-state index in [0.29, 0.717) is 11.7 Å². The van der Waals surface area contributed by atoms with Gasteiger partial charge in [-0.2, -0.15) is 0 Å². The van der Waals surface area contributed by atoms with Gasteiger partial charge in [0.1, 0.15) is 5.82 Å². The second kappa shape index (κ2) is 7.54. The molecule has 2 N–H and O–H groups in total. The van der Waals surface area contributed by atoms with Gasteiger partial charge < -0.3 is 15.5 Å². The maximum atomic E-state index is 5.36. The van der Waals surface area contributed by atoms with Crippen molar-refractivity contribution >= 4 is 28.8 Å². The molecule has 26 heavy (non-hydrogen) atoms. The highest BCUT2D eigenvalue weighted by Gasteiger charge is 2.19. The third-order valence-corrected chi connectivity index (χ3v) is 4.71. The van der Waals surface area contributed by atoms with Gasteiger partial charge in [0.25, 0.3) is 0 Å². The molecule has 0 saturated heterocycles. The Balaban J connectivity index is 1.33. The molecule has 2 heterocycles. The highest BCUT2D eigenvalue weighted by atomic mass is 32.1. The minimum atomic E-state index is 0.594. The number of pyridine rings is 1. The maximum Gasteiger partial charge on any atom is 0.171 e. The molecular weight excluding hydrogens is 340 g/mol. The van der Waals surface area contributed by atoms with E-state index in [1.807, 2.05) is 36.5 Å². The van der Waals surface area contributed by atoms with E-state index in [-0.39, 0.29) is 0 Å². The summed E-state index contributed by atoms with van der Waals surface area (Å²) in [7, 11) is 0. The fourth-order valence-corrected chi connectivity index (χ4v) is 3.29. The van der Waals surface area contributed by atoms with Crippen LogP contribution in [0.5, 0.6) is 0 Å². The molecule has 4 rings (SSSR count). The van der Waals surface area contributed by atoms with Gasteiger partial charge in [-0.15, -0.1) is 0 Å². The molecule has 2 aromatic carbocycles. The zero-order chi connectivity index (χ0) is 17.8. The van der Waals surface area contributed by atoms with E-state index in [9.17, 15) is 0 Å². The number of hydrogen-bond donors (Lipinski definition) is 2. The summed E-state index contributed by atoms with van der Waals surface area (Å²) in [5.74, 6) is 0.981. The van der Waals surface area contributed by atoms with Gasteiger partial charge in [0.15, 0.2) is 5.11 Å². The summed E-state index contributed by atoms with van der Waals surface area (Å²) in [6.45, 7) is 2.52. The van der Waals surface area contributed by atoms with E-state index < -0.39 is 0 Å². The number of nitrogens with one attached hydrogen (secondary N) is 2. The summed E-state index contributed by atoms with van der Waals surface area (Å²) in [5.41, 5.74) is 4.83. The van der Waals surface area contributed by atoms with Crippen molar-refractivity contribution in [1.29, 1.82) is 0 Å². The Morgan fingerprint density at radius 2 is 1.62 bits per heavy atom. The predicted octanol–water partition coefficient (Wildman–Crippen LogP) is 4.09. The number of rotatable bonds is 4. The van der Waals surface area contributed by atoms with Gasteiger partial charge >= 0.3 is 0 Å². The zero-order valence-corrected chi connectivity index (χ0v) is 15.2. The molecule has 0 atom stereocenters. The molecule has 0 fully saturated rings. The second-order valence-corrected chi connectivity index (χ2v) is 6.73. The van der Waals surface area contributed by atoms with Gasteiger partial charge in [0.2, 0.25) is 0 Å². The fraction of sp³-hybridized carbons (Fsp3) is 0.143. The average molecular weight is 360 g/mol. The summed E-state index contributed by atoms with van der Waals surface area (Å²) in [4.78, 5) is 6.87. The normalized spacial score (nSPS) is 12.5. The molecule has 1 aliphatic heterocycles. The van der Waals surface area contributed by atoms with E-state index in [1.54, 1.807) is 0 Å². The van der Waals surface area contributed by atoms with E-state index >= 15 is 0 Å². The Hall–Kier alpha value is -2.92. The van der Waals surface area contributed by atoms with Crippen molar-refractivity contribution in [3.63, 3.8) is 0 Å². The number of thiocarbonyl (C=S) groups is 1. The van der Waals surface area contributed by atoms with Crippen LogP contribution < -0.4 is 15.5 Å². The fourth-order valence-electron chi connectivity index (χ4n) is 3.10. The molecule has 0 aliphatic carbocycles. The molecule has 0 bridgehead atoms. The van der Waals surface area contributed by atoms with Crippen molar-refractivity contribution in [3.8, 4) is 0 Å². The van der Waals surface area contributed by atoms with Crippen LogP contribution in [0.15, 0.2) is 72.9 Å². The lowest BCUT2D eigenvalue weighted by Crippen LogP contribution is -2.28. The smallest absolute Gasteiger partial charge is 0.171 e. The first-order valence-electron chi connectivity index (χ1n) is 8.64. The first kappa shape index (κ1) is 16.5. The van der Waals surface area contributed by atoms with Crippen LogP contribution >= 0.6 is 12.2 Å². The third kappa shape index (κ3) is 3.83. The van der Waals surface area contributed by atoms with Crippen LogP contribution in [-0.4, -0.2) is 10.1 Å². The topological polar surface area (TPSA) is 40.2 Å². The average Bonchev–Trinajstić information content (AvgIpc) is 3.12. The minimum absolute atomic E-state index is 0.594. The molecule has 0 spiro atoms. The van der Waals surface area contributed by atoms with Gasteiger partial charge in [-0.1, -0.05) is 54.6 Å². The van der Waals surface area contributed by atoms with Gasteiger partial charge in [-0.05, 0) is 41.0 Å². The van der Waals surface area contributed by atoms with Crippen LogP contribution in [0.4, 0.5) is 11.5 Å². The van der Waals surface area contributed by atoms with Crippen molar-refractivity contribution < 1.29 is 0 Å². The van der Waals surface area contributed by atoms with Crippen molar-refractivity contribution in [1.82, 2.24) is 10.3 Å². The lowest BCUT2D eigenvalue weighted by Gasteiger charge is -2.17. The Kier molecular flexibility index (Phi) is 4.80. The molecule has 130 valence electrons. The van der Waals surface area contributed by atoms with Crippen molar-refractivity contribution in [3.05, 3.63) is 89.6 Å². The Bertz CT molecular complexity index is 868. The number of aromatic nitrogens is 1. The molecule has 0 unspecified atom stereocenters. The maximum absolute atomic E-state index is 5.36. The molecule has 4 nitrogen and oxygen atoms in total. The third-order valence-electron chi connectivity index (χ3n) is 4.47. The van der Waals surface area contributed by atoms with Crippen molar-refractivity contribution in [2.45, 2.75) is 19.6 Å². The minimum Gasteiger partial charge on any atom is -0.358 e. The van der Waals surface area contributed by atoms with E-state index in [2.05, 4.69) is 56.9 Å². The highest BCUT2D eigenvalue weighted by molar-refractivity contribution is 7.80. The predicted molar refractivity (Wildman–Crippen MR) is 110 cm³/mol. The van der Waals surface area contributed by atoms with E-state index in [1.165, 1.54) is 16.7 Å².